The van der Waals surface area contributed by atoms with Crippen molar-refractivity contribution < 1.29 is 18.8 Å². The van der Waals surface area contributed by atoms with E-state index in [9.17, 15) is 0 Å². The molecule has 1 spiro atoms. The molecule has 5 heteroatoms. The van der Waals surface area contributed by atoms with Gasteiger partial charge in [0.25, 0.3) is 0 Å². The van der Waals surface area contributed by atoms with E-state index in [1.165, 1.54) is 0 Å². The Morgan fingerprint density at radius 2 is 1.38 bits per heavy atom. The van der Waals surface area contributed by atoms with Gasteiger partial charge in [0.15, 0.2) is 5.79 Å². The maximum absolute atomic E-state index is 6.19. The zero-order valence-corrected chi connectivity index (χ0v) is 14.3. The first kappa shape index (κ1) is 15.8. The molecule has 21 heavy (non-hydrogen) atoms. The van der Waals surface area contributed by atoms with Crippen LogP contribution in [0, 0.1) is 5.41 Å². The molecule has 2 aliphatic heterocycles. The van der Waals surface area contributed by atoms with E-state index in [2.05, 4.69) is 41.5 Å². The van der Waals surface area contributed by atoms with Crippen LogP contribution in [-0.4, -0.2) is 37.3 Å². The van der Waals surface area contributed by atoms with Gasteiger partial charge in [0.1, 0.15) is 0 Å². The molecule has 4 nitrogen and oxygen atoms in total. The standard InChI is InChI=1S/C16H29BO4/c1-13(2)10-18-16(19-11-13)8-7-12(9-16)17-20-14(3,4)15(5,6)21-17/h12H,7-11H2,1-6H3. The van der Waals surface area contributed by atoms with Crippen molar-refractivity contribution in [3.63, 3.8) is 0 Å². The summed E-state index contributed by atoms with van der Waals surface area (Å²) in [6.45, 7) is 14.3. The Balaban J connectivity index is 1.64. The Morgan fingerprint density at radius 1 is 0.857 bits per heavy atom. The quantitative estimate of drug-likeness (QED) is 0.695. The number of hydrogen-bond donors (Lipinski definition) is 0. The Labute approximate surface area is 129 Å². The van der Waals surface area contributed by atoms with Crippen LogP contribution in [-0.2, 0) is 18.8 Å². The van der Waals surface area contributed by atoms with Gasteiger partial charge < -0.3 is 18.8 Å². The van der Waals surface area contributed by atoms with Crippen molar-refractivity contribution in [3.05, 3.63) is 0 Å². The molecule has 0 aromatic carbocycles. The third-order valence-corrected chi connectivity index (χ3v) is 5.58. The summed E-state index contributed by atoms with van der Waals surface area (Å²) < 4.78 is 24.6. The van der Waals surface area contributed by atoms with Crippen molar-refractivity contribution in [2.24, 2.45) is 5.41 Å². The SMILES string of the molecule is CC1(C)COC2(CCC(B3OC(C)(C)C(C)(C)O3)C2)OC1. The fraction of sp³-hybridized carbons (Fsp3) is 1.00. The number of ether oxygens (including phenoxy) is 2. The third-order valence-electron chi connectivity index (χ3n) is 5.58. The predicted molar refractivity (Wildman–Crippen MR) is 82.1 cm³/mol. The molecule has 1 saturated carbocycles. The van der Waals surface area contributed by atoms with Crippen LogP contribution in [0.4, 0.5) is 0 Å². The van der Waals surface area contributed by atoms with Gasteiger partial charge in [-0.25, -0.2) is 0 Å². The average molecular weight is 296 g/mol. The van der Waals surface area contributed by atoms with Crippen LogP contribution >= 0.6 is 0 Å². The first-order chi connectivity index (χ1) is 9.54. The molecule has 2 heterocycles. The van der Waals surface area contributed by atoms with Gasteiger partial charge in [-0.1, -0.05) is 13.8 Å². The van der Waals surface area contributed by atoms with Crippen LogP contribution in [0.15, 0.2) is 0 Å². The van der Waals surface area contributed by atoms with Crippen LogP contribution in [0.1, 0.15) is 60.8 Å². The minimum absolute atomic E-state index is 0.119. The summed E-state index contributed by atoms with van der Waals surface area (Å²) in [5, 5.41) is 0. The highest BCUT2D eigenvalue weighted by Gasteiger charge is 2.57. The van der Waals surface area contributed by atoms with Gasteiger partial charge in [0.2, 0.25) is 0 Å². The van der Waals surface area contributed by atoms with Crippen LogP contribution < -0.4 is 0 Å². The molecule has 0 N–H and O–H groups in total. The van der Waals surface area contributed by atoms with E-state index in [0.29, 0.717) is 5.82 Å². The molecule has 3 fully saturated rings. The second-order valence-electron chi connectivity index (χ2n) is 8.78. The molecule has 0 radical (unpaired) electrons. The first-order valence-electron chi connectivity index (χ1n) is 8.18. The monoisotopic (exact) mass is 296 g/mol. The van der Waals surface area contributed by atoms with Gasteiger partial charge in [-0.15, -0.1) is 0 Å². The Bertz CT molecular complexity index is 393. The van der Waals surface area contributed by atoms with Gasteiger partial charge in [0, 0.05) is 18.3 Å². The number of hydrogen-bond acceptors (Lipinski definition) is 4. The molecule has 0 amide bonds. The van der Waals surface area contributed by atoms with Crippen molar-refractivity contribution in [3.8, 4) is 0 Å². The summed E-state index contributed by atoms with van der Waals surface area (Å²) in [7, 11) is -0.142. The van der Waals surface area contributed by atoms with Crippen molar-refractivity contribution in [1.29, 1.82) is 0 Å². The zero-order chi connectivity index (χ0) is 15.5. The molecule has 2 saturated heterocycles. The molecule has 3 aliphatic rings. The Hall–Kier alpha value is -0.0951. The van der Waals surface area contributed by atoms with Gasteiger partial charge in [0.05, 0.1) is 24.4 Å². The van der Waals surface area contributed by atoms with Crippen LogP contribution in [0.5, 0.6) is 0 Å². The van der Waals surface area contributed by atoms with E-state index in [0.717, 1.165) is 32.5 Å². The van der Waals surface area contributed by atoms with Crippen LogP contribution in [0.2, 0.25) is 5.82 Å². The second-order valence-corrected chi connectivity index (χ2v) is 8.78. The molecule has 0 bridgehead atoms. The maximum Gasteiger partial charge on any atom is 0.461 e. The molecule has 1 atom stereocenters. The summed E-state index contributed by atoms with van der Waals surface area (Å²) in [5.74, 6) is -0.0451. The lowest BCUT2D eigenvalue weighted by Crippen LogP contribution is -2.46. The average Bonchev–Trinajstić information content (AvgIpc) is 2.85. The van der Waals surface area contributed by atoms with E-state index >= 15 is 0 Å². The smallest absolute Gasteiger partial charge is 0.403 e. The molecule has 0 aromatic rings. The van der Waals surface area contributed by atoms with E-state index in [-0.39, 0.29) is 23.7 Å². The van der Waals surface area contributed by atoms with E-state index < -0.39 is 5.79 Å². The lowest BCUT2D eigenvalue weighted by molar-refractivity contribution is -0.294. The predicted octanol–water partition coefficient (Wildman–Crippen LogP) is 3.40. The highest BCUT2D eigenvalue weighted by atomic mass is 16.7. The summed E-state index contributed by atoms with van der Waals surface area (Å²) in [5.41, 5.74) is -0.402. The fourth-order valence-corrected chi connectivity index (χ4v) is 3.32. The summed E-state index contributed by atoms with van der Waals surface area (Å²) >= 11 is 0. The van der Waals surface area contributed by atoms with Crippen molar-refractivity contribution in [2.45, 2.75) is 83.6 Å². The summed E-state index contributed by atoms with van der Waals surface area (Å²) in [4.78, 5) is 0. The van der Waals surface area contributed by atoms with Gasteiger partial charge in [-0.2, -0.15) is 0 Å². The third kappa shape index (κ3) is 2.78. The van der Waals surface area contributed by atoms with Crippen LogP contribution in [0.25, 0.3) is 0 Å². The fourth-order valence-electron chi connectivity index (χ4n) is 3.32. The molecule has 1 unspecified atom stereocenters. The molecular weight excluding hydrogens is 267 g/mol. The van der Waals surface area contributed by atoms with E-state index in [4.69, 9.17) is 18.8 Å². The Morgan fingerprint density at radius 3 is 1.90 bits per heavy atom. The highest BCUT2D eigenvalue weighted by molar-refractivity contribution is 6.47. The summed E-state index contributed by atoms with van der Waals surface area (Å²) in [6.07, 6.45) is 2.86. The van der Waals surface area contributed by atoms with Gasteiger partial charge >= 0.3 is 7.12 Å². The van der Waals surface area contributed by atoms with Gasteiger partial charge in [-0.3, -0.25) is 0 Å². The van der Waals surface area contributed by atoms with E-state index in [1.54, 1.807) is 0 Å². The minimum atomic E-state index is -0.399. The van der Waals surface area contributed by atoms with Crippen molar-refractivity contribution in [1.82, 2.24) is 0 Å². The lowest BCUT2D eigenvalue weighted by atomic mass is 9.70. The largest absolute Gasteiger partial charge is 0.461 e. The van der Waals surface area contributed by atoms with Gasteiger partial charge in [-0.05, 0) is 39.9 Å². The maximum atomic E-state index is 6.19. The molecular formula is C16H29BO4. The molecule has 3 rings (SSSR count). The zero-order valence-electron chi connectivity index (χ0n) is 14.3. The highest BCUT2D eigenvalue weighted by Crippen LogP contribution is 2.50. The lowest BCUT2D eigenvalue weighted by Gasteiger charge is -2.41. The van der Waals surface area contributed by atoms with Crippen molar-refractivity contribution in [2.75, 3.05) is 13.2 Å². The first-order valence-corrected chi connectivity index (χ1v) is 8.18. The topological polar surface area (TPSA) is 36.9 Å². The second kappa shape index (κ2) is 4.70. The summed E-state index contributed by atoms with van der Waals surface area (Å²) in [6, 6.07) is 0. The molecule has 1 aliphatic carbocycles. The van der Waals surface area contributed by atoms with Crippen molar-refractivity contribution >= 4 is 7.12 Å². The molecule has 0 aromatic heterocycles. The molecule has 120 valence electrons. The van der Waals surface area contributed by atoms with Crippen LogP contribution in [0.3, 0.4) is 0 Å². The number of rotatable bonds is 1. The normalized spacial score (nSPS) is 36.3. The van der Waals surface area contributed by atoms with E-state index in [1.807, 2.05) is 0 Å². The minimum Gasteiger partial charge on any atom is -0.403 e. The Kier molecular flexibility index (Phi) is 3.53.